The molecule has 0 atom stereocenters. The number of rotatable bonds is 5. The van der Waals surface area contributed by atoms with Crippen LogP contribution in [0.5, 0.6) is 5.75 Å². The lowest BCUT2D eigenvalue weighted by molar-refractivity contribution is -0.274. The lowest BCUT2D eigenvalue weighted by Gasteiger charge is -2.11. The first kappa shape index (κ1) is 18.1. The second-order valence-corrected chi connectivity index (χ2v) is 5.48. The zero-order chi connectivity index (χ0) is 17.7. The van der Waals surface area contributed by atoms with Crippen LogP contribution in [0.3, 0.4) is 0 Å². The van der Waals surface area contributed by atoms with Gasteiger partial charge in [-0.2, -0.15) is 5.10 Å². The van der Waals surface area contributed by atoms with Crippen molar-refractivity contribution in [2.24, 2.45) is 10.9 Å². The Morgan fingerprint density at radius 2 is 1.96 bits per heavy atom. The highest BCUT2D eigenvalue weighted by atomic mass is 79.9. The van der Waals surface area contributed by atoms with Crippen molar-refractivity contribution in [1.29, 1.82) is 0 Å². The van der Waals surface area contributed by atoms with Crippen molar-refractivity contribution in [3.63, 3.8) is 0 Å². The third-order valence-electron chi connectivity index (χ3n) is 2.87. The number of ether oxygens (including phenoxy) is 1. The molecule has 3 N–H and O–H groups in total. The highest BCUT2D eigenvalue weighted by Gasteiger charge is 2.31. The quantitative estimate of drug-likeness (QED) is 0.453. The number of alkyl halides is 3. The molecule has 24 heavy (non-hydrogen) atoms. The predicted molar refractivity (Wildman–Crippen MR) is 84.3 cm³/mol. The number of nitrogens with two attached hydrogens (primary N) is 1. The van der Waals surface area contributed by atoms with E-state index in [1.807, 2.05) is 0 Å². The number of aliphatic hydroxyl groups excluding tert-OH is 1. The van der Waals surface area contributed by atoms with Gasteiger partial charge in [-0.1, -0.05) is 0 Å². The van der Waals surface area contributed by atoms with Crippen LogP contribution in [0, 0.1) is 0 Å². The molecule has 0 saturated heterocycles. The van der Waals surface area contributed by atoms with Gasteiger partial charge in [0.25, 0.3) is 0 Å². The first-order valence-corrected chi connectivity index (χ1v) is 7.35. The van der Waals surface area contributed by atoms with Gasteiger partial charge in [0, 0.05) is 18.2 Å². The van der Waals surface area contributed by atoms with Gasteiger partial charge in [0.1, 0.15) is 10.4 Å². The lowest BCUT2D eigenvalue weighted by Crippen LogP contribution is -2.16. The molecular weight excluding hydrogens is 393 g/mol. The van der Waals surface area contributed by atoms with Crippen LogP contribution < -0.4 is 10.6 Å². The van der Waals surface area contributed by atoms with Crippen LogP contribution in [0.4, 0.5) is 13.2 Å². The molecule has 0 fully saturated rings. The largest absolute Gasteiger partial charge is 0.573 e. The Bertz CT molecular complexity index is 736. The summed E-state index contributed by atoms with van der Waals surface area (Å²) in [5, 5.41) is 12.9. The summed E-state index contributed by atoms with van der Waals surface area (Å²) in [4.78, 5) is 8.46. The minimum Gasteiger partial charge on any atom is -0.406 e. The summed E-state index contributed by atoms with van der Waals surface area (Å²) in [7, 11) is 0. The fourth-order valence-electron chi connectivity index (χ4n) is 1.91. The zero-order valence-corrected chi connectivity index (χ0v) is 13.7. The van der Waals surface area contributed by atoms with Crippen molar-refractivity contribution in [1.82, 2.24) is 9.97 Å². The Morgan fingerprint density at radius 1 is 1.29 bits per heavy atom. The zero-order valence-electron chi connectivity index (χ0n) is 12.1. The first-order chi connectivity index (χ1) is 11.3. The first-order valence-electron chi connectivity index (χ1n) is 6.56. The molecule has 10 heteroatoms. The number of nitrogens with zero attached hydrogens (tertiary/aromatic N) is 3. The van der Waals surface area contributed by atoms with E-state index in [1.54, 1.807) is 0 Å². The van der Waals surface area contributed by atoms with E-state index in [2.05, 4.69) is 35.7 Å². The van der Waals surface area contributed by atoms with Gasteiger partial charge in [-0.3, -0.25) is 9.97 Å². The van der Waals surface area contributed by atoms with E-state index in [0.29, 0.717) is 28.0 Å². The van der Waals surface area contributed by atoms with Crippen molar-refractivity contribution in [3.8, 4) is 17.0 Å². The SMILES string of the molecule is NN=C(Br)Cc1cnc(-c2ccc(OC(F)(F)F)cc2)c(CO)n1. The molecule has 0 unspecified atom stereocenters. The number of hydrogen-bond acceptors (Lipinski definition) is 6. The van der Waals surface area contributed by atoms with Crippen LogP contribution in [-0.4, -0.2) is 26.1 Å². The van der Waals surface area contributed by atoms with E-state index >= 15 is 0 Å². The van der Waals surface area contributed by atoms with Crippen LogP contribution in [0.1, 0.15) is 11.4 Å². The van der Waals surface area contributed by atoms with Crippen LogP contribution in [0.2, 0.25) is 0 Å². The van der Waals surface area contributed by atoms with E-state index in [9.17, 15) is 18.3 Å². The highest BCUT2D eigenvalue weighted by molar-refractivity contribution is 9.18. The van der Waals surface area contributed by atoms with Crippen molar-refractivity contribution in [3.05, 3.63) is 41.9 Å². The highest BCUT2D eigenvalue weighted by Crippen LogP contribution is 2.27. The molecule has 1 aromatic carbocycles. The minimum atomic E-state index is -4.75. The van der Waals surface area contributed by atoms with Crippen molar-refractivity contribution < 1.29 is 23.0 Å². The Hall–Kier alpha value is -2.20. The van der Waals surface area contributed by atoms with Crippen LogP contribution >= 0.6 is 15.9 Å². The summed E-state index contributed by atoms with van der Waals surface area (Å²) in [6.45, 7) is -0.381. The topological polar surface area (TPSA) is 93.6 Å². The minimum absolute atomic E-state index is 0.286. The molecule has 0 bridgehead atoms. The molecule has 0 aliphatic rings. The number of aromatic nitrogens is 2. The lowest BCUT2D eigenvalue weighted by atomic mass is 10.1. The summed E-state index contributed by atoms with van der Waals surface area (Å²) in [5.41, 5.74) is 1.68. The maximum atomic E-state index is 12.2. The van der Waals surface area contributed by atoms with Gasteiger partial charge < -0.3 is 15.7 Å². The van der Waals surface area contributed by atoms with Crippen LogP contribution in [0.15, 0.2) is 35.6 Å². The van der Waals surface area contributed by atoms with Gasteiger partial charge in [-0.15, -0.1) is 13.2 Å². The molecular formula is C14H12BrF3N4O2. The third kappa shape index (κ3) is 4.90. The van der Waals surface area contributed by atoms with Gasteiger partial charge in [0.05, 0.1) is 23.7 Å². The molecule has 0 spiro atoms. The van der Waals surface area contributed by atoms with Gasteiger partial charge >= 0.3 is 6.36 Å². The van der Waals surface area contributed by atoms with Gasteiger partial charge in [-0.05, 0) is 40.2 Å². The molecule has 128 valence electrons. The van der Waals surface area contributed by atoms with Crippen LogP contribution in [0.25, 0.3) is 11.3 Å². The fraction of sp³-hybridized carbons (Fsp3) is 0.214. The van der Waals surface area contributed by atoms with Crippen molar-refractivity contribution in [2.45, 2.75) is 19.4 Å². The molecule has 0 aliphatic carbocycles. The average molecular weight is 405 g/mol. The summed E-state index contributed by atoms with van der Waals surface area (Å²) >= 11 is 3.14. The van der Waals surface area contributed by atoms with E-state index in [1.165, 1.54) is 18.3 Å². The van der Waals surface area contributed by atoms with E-state index in [-0.39, 0.29) is 18.1 Å². The van der Waals surface area contributed by atoms with Crippen molar-refractivity contribution >= 4 is 20.6 Å². The van der Waals surface area contributed by atoms with Gasteiger partial charge in [-0.25, -0.2) is 0 Å². The van der Waals surface area contributed by atoms with Crippen molar-refractivity contribution in [2.75, 3.05) is 0 Å². The third-order valence-corrected chi connectivity index (χ3v) is 3.36. The standard InChI is InChI=1S/C14H12BrF3N4O2/c15-12(22-19)5-9-6-20-13(11(7-23)21-9)8-1-3-10(4-2-8)24-14(16,17)18/h1-4,6,23H,5,7,19H2. The molecule has 2 aromatic rings. The van der Waals surface area contributed by atoms with Gasteiger partial charge in [0.2, 0.25) is 0 Å². The van der Waals surface area contributed by atoms with Crippen LogP contribution in [-0.2, 0) is 13.0 Å². The molecule has 0 amide bonds. The van der Waals surface area contributed by atoms with E-state index in [4.69, 9.17) is 5.84 Å². The monoisotopic (exact) mass is 404 g/mol. The molecule has 0 aliphatic heterocycles. The molecule has 1 heterocycles. The second-order valence-electron chi connectivity index (χ2n) is 4.57. The maximum absolute atomic E-state index is 12.2. The summed E-state index contributed by atoms with van der Waals surface area (Å²) in [5.74, 6) is 4.78. The Balaban J connectivity index is 2.28. The maximum Gasteiger partial charge on any atom is 0.573 e. The summed E-state index contributed by atoms with van der Waals surface area (Å²) in [6, 6.07) is 5.14. The number of halogens is 4. The number of benzene rings is 1. The second kappa shape index (κ2) is 7.58. The molecule has 1 aromatic heterocycles. The molecule has 0 radical (unpaired) electrons. The molecule has 0 saturated carbocycles. The normalized spacial score (nSPS) is 12.3. The van der Waals surface area contributed by atoms with E-state index < -0.39 is 6.36 Å². The fourth-order valence-corrected chi connectivity index (χ4v) is 2.20. The smallest absolute Gasteiger partial charge is 0.406 e. The number of aliphatic hydroxyl groups is 1. The number of hydrogen-bond donors (Lipinski definition) is 2. The summed E-state index contributed by atoms with van der Waals surface area (Å²) in [6.07, 6.45) is -2.98. The molecule has 6 nitrogen and oxygen atoms in total. The molecule has 2 rings (SSSR count). The Morgan fingerprint density at radius 3 is 2.50 bits per heavy atom. The van der Waals surface area contributed by atoms with E-state index in [0.717, 1.165) is 12.1 Å². The predicted octanol–water partition coefficient (Wildman–Crippen LogP) is 2.74. The number of hydrazone groups is 1. The average Bonchev–Trinajstić information content (AvgIpc) is 2.54. The Kier molecular flexibility index (Phi) is 5.73. The summed E-state index contributed by atoms with van der Waals surface area (Å²) < 4.78 is 40.8. The Labute approximate surface area is 143 Å². The van der Waals surface area contributed by atoms with Gasteiger partial charge in [0.15, 0.2) is 0 Å².